The molecule has 1 fully saturated rings. The first-order chi connectivity index (χ1) is 6.03. The van der Waals surface area contributed by atoms with Crippen molar-refractivity contribution in [3.8, 4) is 12.3 Å². The van der Waals surface area contributed by atoms with E-state index >= 15 is 0 Å². The van der Waals surface area contributed by atoms with E-state index in [1.54, 1.807) is 0 Å². The van der Waals surface area contributed by atoms with Gasteiger partial charge in [0.2, 0.25) is 0 Å². The third kappa shape index (κ3) is 3.62. The first kappa shape index (κ1) is 10.9. The fourth-order valence-electron chi connectivity index (χ4n) is 1.77. The van der Waals surface area contributed by atoms with Gasteiger partial charge >= 0.3 is 0 Å². The number of hydrogen-bond donors (Lipinski definition) is 1. The van der Waals surface area contributed by atoms with E-state index in [1.165, 1.54) is 17.9 Å². The van der Waals surface area contributed by atoms with E-state index in [1.807, 2.05) is 18.7 Å². The molecule has 0 saturated carbocycles. The molecule has 1 aliphatic rings. The Labute approximate surface area is 86.1 Å². The van der Waals surface area contributed by atoms with Crippen molar-refractivity contribution in [1.29, 1.82) is 0 Å². The van der Waals surface area contributed by atoms with Gasteiger partial charge in [-0.15, -0.1) is 6.42 Å². The molecular formula is C11H19NS. The number of rotatable bonds is 2. The summed E-state index contributed by atoms with van der Waals surface area (Å²) in [5, 5.41) is 3.47. The van der Waals surface area contributed by atoms with E-state index < -0.39 is 0 Å². The van der Waals surface area contributed by atoms with Gasteiger partial charge in [-0.3, -0.25) is 0 Å². The lowest BCUT2D eigenvalue weighted by Gasteiger charge is -2.35. The molecular weight excluding hydrogens is 178 g/mol. The molecule has 1 heterocycles. The third-order valence-electron chi connectivity index (χ3n) is 2.35. The summed E-state index contributed by atoms with van der Waals surface area (Å²) in [7, 11) is 0. The van der Waals surface area contributed by atoms with Crippen LogP contribution in [0.1, 0.15) is 27.2 Å². The topological polar surface area (TPSA) is 12.0 Å². The van der Waals surface area contributed by atoms with Crippen LogP contribution in [0.5, 0.6) is 0 Å². The van der Waals surface area contributed by atoms with Crippen LogP contribution in [-0.2, 0) is 0 Å². The Morgan fingerprint density at radius 1 is 1.62 bits per heavy atom. The van der Waals surface area contributed by atoms with E-state index in [-0.39, 0.29) is 6.04 Å². The molecule has 0 spiro atoms. The summed E-state index contributed by atoms with van der Waals surface area (Å²) < 4.78 is 0. The second-order valence-corrected chi connectivity index (χ2v) is 5.67. The Hall–Kier alpha value is -0.130. The standard InChI is InChI=1S/C11H19NS/c1-5-9(2)12-10-6-11(3,4)8-13-7-10/h1,9-10,12H,6-8H2,2-4H3. The molecule has 0 aliphatic carbocycles. The van der Waals surface area contributed by atoms with Crippen LogP contribution in [0.2, 0.25) is 0 Å². The quantitative estimate of drug-likeness (QED) is 0.681. The van der Waals surface area contributed by atoms with E-state index in [4.69, 9.17) is 6.42 Å². The summed E-state index contributed by atoms with van der Waals surface area (Å²) in [6, 6.07) is 0.805. The maximum atomic E-state index is 5.34. The molecule has 2 heteroatoms. The molecule has 0 amide bonds. The van der Waals surface area contributed by atoms with Crippen molar-refractivity contribution in [2.24, 2.45) is 5.41 Å². The predicted molar refractivity (Wildman–Crippen MR) is 60.9 cm³/mol. The minimum Gasteiger partial charge on any atom is -0.300 e. The van der Waals surface area contributed by atoms with Gasteiger partial charge in [-0.2, -0.15) is 11.8 Å². The van der Waals surface area contributed by atoms with Crippen molar-refractivity contribution < 1.29 is 0 Å². The highest BCUT2D eigenvalue weighted by atomic mass is 32.2. The van der Waals surface area contributed by atoms with Gasteiger partial charge in [-0.1, -0.05) is 19.8 Å². The average molecular weight is 197 g/mol. The molecule has 0 aromatic rings. The second-order valence-electron chi connectivity index (χ2n) is 4.64. The molecule has 0 bridgehead atoms. The van der Waals surface area contributed by atoms with Crippen LogP contribution in [-0.4, -0.2) is 23.6 Å². The smallest absolute Gasteiger partial charge is 0.0660 e. The molecule has 1 nitrogen and oxygen atoms in total. The number of nitrogens with one attached hydrogen (secondary N) is 1. The molecule has 2 atom stereocenters. The zero-order chi connectivity index (χ0) is 9.90. The first-order valence-electron chi connectivity index (χ1n) is 4.83. The van der Waals surface area contributed by atoms with Crippen molar-refractivity contribution in [3.05, 3.63) is 0 Å². The summed E-state index contributed by atoms with van der Waals surface area (Å²) in [5.74, 6) is 5.20. The van der Waals surface area contributed by atoms with Gasteiger partial charge in [-0.05, 0) is 24.5 Å². The second kappa shape index (κ2) is 4.39. The van der Waals surface area contributed by atoms with Crippen LogP contribution in [0.25, 0.3) is 0 Å². The SMILES string of the molecule is C#CC(C)NC1CSCC(C)(C)C1. The number of hydrogen-bond acceptors (Lipinski definition) is 2. The van der Waals surface area contributed by atoms with Crippen molar-refractivity contribution in [3.63, 3.8) is 0 Å². The van der Waals surface area contributed by atoms with E-state index in [0.29, 0.717) is 11.5 Å². The highest BCUT2D eigenvalue weighted by molar-refractivity contribution is 7.99. The zero-order valence-electron chi connectivity index (χ0n) is 8.76. The van der Waals surface area contributed by atoms with E-state index in [2.05, 4.69) is 25.1 Å². The average Bonchev–Trinajstić information content (AvgIpc) is 2.02. The van der Waals surface area contributed by atoms with Crippen LogP contribution in [0.3, 0.4) is 0 Å². The molecule has 74 valence electrons. The molecule has 2 unspecified atom stereocenters. The Morgan fingerprint density at radius 2 is 2.31 bits per heavy atom. The van der Waals surface area contributed by atoms with Crippen LogP contribution in [0.15, 0.2) is 0 Å². The Balaban J connectivity index is 2.40. The Kier molecular flexibility index (Phi) is 3.70. The van der Waals surface area contributed by atoms with Gasteiger partial charge in [0.15, 0.2) is 0 Å². The van der Waals surface area contributed by atoms with Gasteiger partial charge in [0.25, 0.3) is 0 Å². The first-order valence-corrected chi connectivity index (χ1v) is 5.99. The third-order valence-corrected chi connectivity index (χ3v) is 3.97. The van der Waals surface area contributed by atoms with Crippen molar-refractivity contribution in [1.82, 2.24) is 5.32 Å². The van der Waals surface area contributed by atoms with Crippen LogP contribution < -0.4 is 5.32 Å². The van der Waals surface area contributed by atoms with Crippen molar-refractivity contribution in [2.75, 3.05) is 11.5 Å². The van der Waals surface area contributed by atoms with Gasteiger partial charge in [0.1, 0.15) is 0 Å². The molecule has 0 aromatic heterocycles. The van der Waals surface area contributed by atoms with Crippen molar-refractivity contribution in [2.45, 2.75) is 39.3 Å². The van der Waals surface area contributed by atoms with Crippen LogP contribution >= 0.6 is 11.8 Å². The molecule has 1 rings (SSSR count). The van der Waals surface area contributed by atoms with Gasteiger partial charge in [0, 0.05) is 11.8 Å². The van der Waals surface area contributed by atoms with Gasteiger partial charge < -0.3 is 5.32 Å². The van der Waals surface area contributed by atoms with Crippen molar-refractivity contribution >= 4 is 11.8 Å². The monoisotopic (exact) mass is 197 g/mol. The normalized spacial score (nSPS) is 29.2. The highest BCUT2D eigenvalue weighted by Gasteiger charge is 2.28. The largest absolute Gasteiger partial charge is 0.300 e. The minimum absolute atomic E-state index is 0.208. The van der Waals surface area contributed by atoms with E-state index in [9.17, 15) is 0 Å². The summed E-state index contributed by atoms with van der Waals surface area (Å²) in [4.78, 5) is 0. The summed E-state index contributed by atoms with van der Waals surface area (Å²) >= 11 is 2.03. The van der Waals surface area contributed by atoms with Crippen LogP contribution in [0.4, 0.5) is 0 Å². The molecule has 1 N–H and O–H groups in total. The maximum Gasteiger partial charge on any atom is 0.0660 e. The summed E-state index contributed by atoms with van der Waals surface area (Å²) in [6.45, 7) is 6.70. The highest BCUT2D eigenvalue weighted by Crippen LogP contribution is 2.33. The predicted octanol–water partition coefficient (Wildman–Crippen LogP) is 2.13. The zero-order valence-corrected chi connectivity index (χ0v) is 9.58. The lowest BCUT2D eigenvalue weighted by atomic mass is 9.87. The lowest BCUT2D eigenvalue weighted by Crippen LogP contribution is -2.43. The molecule has 13 heavy (non-hydrogen) atoms. The van der Waals surface area contributed by atoms with Crippen LogP contribution in [0, 0.1) is 17.8 Å². The van der Waals surface area contributed by atoms with Gasteiger partial charge in [0.05, 0.1) is 6.04 Å². The Bertz CT molecular complexity index is 205. The minimum atomic E-state index is 0.208. The lowest BCUT2D eigenvalue weighted by molar-refractivity contribution is 0.314. The Morgan fingerprint density at radius 3 is 2.85 bits per heavy atom. The number of thioether (sulfide) groups is 1. The summed E-state index contributed by atoms with van der Waals surface area (Å²) in [5.41, 5.74) is 0.467. The molecule has 1 saturated heterocycles. The fraction of sp³-hybridized carbons (Fsp3) is 0.818. The summed E-state index contributed by atoms with van der Waals surface area (Å²) in [6.07, 6.45) is 6.58. The van der Waals surface area contributed by atoms with E-state index in [0.717, 1.165) is 0 Å². The molecule has 1 aliphatic heterocycles. The fourth-order valence-corrected chi connectivity index (χ4v) is 3.06. The number of terminal acetylenes is 1. The maximum absolute atomic E-state index is 5.34. The molecule has 0 radical (unpaired) electrons. The molecule has 0 aromatic carbocycles. The van der Waals surface area contributed by atoms with Gasteiger partial charge in [-0.25, -0.2) is 0 Å².